The lowest BCUT2D eigenvalue weighted by atomic mass is 9.85. The van der Waals surface area contributed by atoms with Gasteiger partial charge in [-0.25, -0.2) is 0 Å². The van der Waals surface area contributed by atoms with E-state index < -0.39 is 149 Å². The fourth-order valence-corrected chi connectivity index (χ4v) is 5.65. The van der Waals surface area contributed by atoms with Gasteiger partial charge in [0.05, 0.1) is 27.4 Å². The first-order valence-corrected chi connectivity index (χ1v) is 13.8. The summed E-state index contributed by atoms with van der Waals surface area (Å²) in [5.74, 6) is 0. The molecule has 210 valence electrons. The van der Waals surface area contributed by atoms with Crippen LogP contribution in [0, 0.1) is 0 Å². The van der Waals surface area contributed by atoms with E-state index in [1.165, 1.54) is 0 Å². The molecule has 1 heterocycles. The van der Waals surface area contributed by atoms with Gasteiger partial charge in [0, 0.05) is 10.8 Å². The molecule has 1 aromatic heterocycles. The Kier molecular flexibility index (Phi) is 2.90. The highest BCUT2D eigenvalue weighted by Gasteiger charge is 2.18. The number of hydrogen-bond donors (Lipinski definition) is 0. The fourth-order valence-electron chi connectivity index (χ4n) is 5.65. The molecule has 0 aliphatic rings. The van der Waals surface area contributed by atoms with Crippen molar-refractivity contribution < 1.29 is 31.8 Å². The largest absolute Gasteiger partial charge is 0.456 e. The van der Waals surface area contributed by atoms with Gasteiger partial charge in [0.1, 0.15) is 11.2 Å². The molecule has 45 heavy (non-hydrogen) atoms. The van der Waals surface area contributed by atoms with E-state index in [1.54, 1.807) is 48.5 Å². The highest BCUT2D eigenvalue weighted by molar-refractivity contribution is 6.22. The van der Waals surface area contributed by atoms with Crippen molar-refractivity contribution in [2.24, 2.45) is 0 Å². The van der Waals surface area contributed by atoms with Crippen LogP contribution in [0.2, 0.25) is 0 Å². The molecule has 0 saturated heterocycles. The molecule has 0 radical (unpaired) electrons. The van der Waals surface area contributed by atoms with Crippen molar-refractivity contribution in [2.75, 3.05) is 0 Å². The van der Waals surface area contributed by atoms with Gasteiger partial charge in [0.25, 0.3) is 0 Å². The predicted octanol–water partition coefficient (Wildman–Crippen LogP) is 12.6. The summed E-state index contributed by atoms with van der Waals surface area (Å²) in [6, 6.07) is -0.0649. The predicted molar refractivity (Wildman–Crippen MR) is 190 cm³/mol. The molecule has 0 saturated carbocycles. The Bertz CT molecular complexity index is 3550. The maximum atomic E-state index is 9.73. The Morgan fingerprint density at radius 1 is 0.333 bits per heavy atom. The molecule has 9 aromatic rings. The number of benzene rings is 8. The van der Waals surface area contributed by atoms with E-state index in [9.17, 15) is 6.85 Å². The molecule has 1 nitrogen and oxygen atoms in total. The van der Waals surface area contributed by atoms with Crippen LogP contribution in [0.3, 0.4) is 0 Å². The standard InChI is InChI=1S/C44H28O/c1-3-12-29(13-4-1)31-16-11-17-33(26-31)43-36-18-7-9-20-38(36)44(39-21-10-8-19-37(39)43)34-23-25-41-40(27-34)35-24-22-32(28-42(35)45-41)30-14-5-2-6-15-30/h1-28H/i1D,2D,3D,4D,5D,6D,11D,12D,13D,14D,15D,16D,17D,22D,23D,24D,25D,26D,27D,28D. The highest BCUT2D eigenvalue weighted by atomic mass is 16.3. The van der Waals surface area contributed by atoms with Gasteiger partial charge in [-0.15, -0.1) is 0 Å². The number of rotatable bonds is 4. The minimum absolute atomic E-state index is 0.143. The summed E-state index contributed by atoms with van der Waals surface area (Å²) in [6.45, 7) is 0. The van der Waals surface area contributed by atoms with Crippen molar-refractivity contribution in [3.63, 3.8) is 0 Å². The summed E-state index contributed by atoms with van der Waals surface area (Å²) in [7, 11) is 0. The van der Waals surface area contributed by atoms with Gasteiger partial charge in [-0.05, 0) is 96.3 Å². The molecule has 0 atom stereocenters. The molecule has 0 amide bonds. The molecular weight excluding hydrogens is 544 g/mol. The van der Waals surface area contributed by atoms with Crippen molar-refractivity contribution in [1.29, 1.82) is 0 Å². The SMILES string of the molecule is [2H]c1c([2H])c([2H])c(-c2c([2H])c([2H])c([2H])c(-c3c4ccccc4c(-c4c([2H])c([2H])c5oc6c([2H])c(-c7c([2H])c([2H])c([2H])c([2H])c7[2H])c([2H])c([2H])c6c5c4[2H])c4ccccc34)c2[2H])c([2H])c1[2H]. The van der Waals surface area contributed by atoms with Crippen LogP contribution < -0.4 is 0 Å². The fraction of sp³-hybridized carbons (Fsp3) is 0. The maximum Gasteiger partial charge on any atom is 0.136 e. The van der Waals surface area contributed by atoms with Gasteiger partial charge in [0.15, 0.2) is 0 Å². The average Bonchev–Trinajstić information content (AvgIpc) is 3.71. The summed E-state index contributed by atoms with van der Waals surface area (Å²) in [4.78, 5) is 0. The lowest BCUT2D eigenvalue weighted by molar-refractivity contribution is 0.669. The van der Waals surface area contributed by atoms with Crippen LogP contribution in [0.15, 0.2) is 174 Å². The number of fused-ring (bicyclic) bond motifs is 5. The third-order valence-electron chi connectivity index (χ3n) is 7.57. The van der Waals surface area contributed by atoms with Crippen LogP contribution in [-0.2, 0) is 0 Å². The zero-order chi connectivity index (χ0) is 47.1. The van der Waals surface area contributed by atoms with Crippen molar-refractivity contribution in [1.82, 2.24) is 0 Å². The second-order valence-electron chi connectivity index (χ2n) is 10.1. The van der Waals surface area contributed by atoms with E-state index in [4.69, 9.17) is 25.0 Å². The van der Waals surface area contributed by atoms with Gasteiger partial charge in [-0.1, -0.05) is 139 Å². The molecule has 0 fully saturated rings. The first kappa shape index (κ1) is 12.6. The van der Waals surface area contributed by atoms with Gasteiger partial charge in [0.2, 0.25) is 0 Å². The van der Waals surface area contributed by atoms with Crippen LogP contribution in [0.4, 0.5) is 0 Å². The summed E-state index contributed by atoms with van der Waals surface area (Å²) in [5.41, 5.74) is -2.71. The van der Waals surface area contributed by atoms with E-state index in [2.05, 4.69) is 0 Å². The summed E-state index contributed by atoms with van der Waals surface area (Å²) in [5, 5.41) is 0.783. The first-order valence-electron chi connectivity index (χ1n) is 23.8. The van der Waals surface area contributed by atoms with Crippen LogP contribution >= 0.6 is 0 Å². The van der Waals surface area contributed by atoms with Crippen LogP contribution in [0.25, 0.3) is 88.0 Å². The van der Waals surface area contributed by atoms with Gasteiger partial charge < -0.3 is 4.42 Å². The van der Waals surface area contributed by atoms with Crippen molar-refractivity contribution in [3.8, 4) is 44.5 Å². The van der Waals surface area contributed by atoms with Gasteiger partial charge >= 0.3 is 0 Å². The molecule has 9 rings (SSSR count). The van der Waals surface area contributed by atoms with Gasteiger partial charge in [-0.2, -0.15) is 0 Å². The zero-order valence-electron chi connectivity index (χ0n) is 43.0. The summed E-state index contributed by atoms with van der Waals surface area (Å²) >= 11 is 0. The monoisotopic (exact) mass is 592 g/mol. The van der Waals surface area contributed by atoms with Crippen LogP contribution in [0.1, 0.15) is 27.4 Å². The Morgan fingerprint density at radius 2 is 0.822 bits per heavy atom. The third-order valence-corrected chi connectivity index (χ3v) is 7.57. The number of furan rings is 1. The molecule has 0 bridgehead atoms. The zero-order valence-corrected chi connectivity index (χ0v) is 23.0. The Labute approximate surface area is 289 Å². The quantitative estimate of drug-likeness (QED) is 0.185. The molecule has 1 heteroatoms. The first-order chi connectivity index (χ1) is 30.7. The smallest absolute Gasteiger partial charge is 0.136 e. The minimum atomic E-state index is -0.729. The lowest BCUT2D eigenvalue weighted by Gasteiger charge is -2.18. The minimum Gasteiger partial charge on any atom is -0.456 e. The normalized spacial score (nSPS) is 17.8. The molecule has 8 aromatic carbocycles. The van der Waals surface area contributed by atoms with Crippen LogP contribution in [0.5, 0.6) is 0 Å². The molecule has 0 N–H and O–H groups in total. The molecule has 0 spiro atoms. The maximum absolute atomic E-state index is 9.73. The Hall–Kier alpha value is -5.92. The second kappa shape index (κ2) is 10.4. The highest BCUT2D eigenvalue weighted by Crippen LogP contribution is 2.45. The van der Waals surface area contributed by atoms with E-state index in [0.717, 1.165) is 0 Å². The Balaban J connectivity index is 1.40. The second-order valence-corrected chi connectivity index (χ2v) is 10.1. The van der Waals surface area contributed by atoms with Crippen LogP contribution in [-0.4, -0.2) is 0 Å². The lowest BCUT2D eigenvalue weighted by Crippen LogP contribution is -1.91. The topological polar surface area (TPSA) is 13.1 Å². The molecule has 0 aliphatic carbocycles. The third kappa shape index (κ3) is 4.24. The van der Waals surface area contributed by atoms with Crippen molar-refractivity contribution in [3.05, 3.63) is 169 Å². The van der Waals surface area contributed by atoms with Gasteiger partial charge in [-0.3, -0.25) is 0 Å². The summed E-state index contributed by atoms with van der Waals surface area (Å²) in [6.07, 6.45) is 0. The van der Waals surface area contributed by atoms with E-state index >= 15 is 0 Å². The molecular formula is C44H28O. The average molecular weight is 593 g/mol. The Morgan fingerprint density at radius 3 is 1.42 bits per heavy atom. The van der Waals surface area contributed by atoms with E-state index in [0.29, 0.717) is 21.5 Å². The van der Waals surface area contributed by atoms with E-state index in [-0.39, 0.29) is 38.6 Å². The summed E-state index contributed by atoms with van der Waals surface area (Å²) < 4.78 is 181. The van der Waals surface area contributed by atoms with E-state index in [1.807, 2.05) is 0 Å². The molecule has 0 unspecified atom stereocenters. The van der Waals surface area contributed by atoms with Crippen molar-refractivity contribution >= 4 is 43.5 Å². The number of hydrogen-bond acceptors (Lipinski definition) is 1. The van der Waals surface area contributed by atoms with Crippen molar-refractivity contribution in [2.45, 2.75) is 0 Å². The molecule has 0 aliphatic heterocycles.